The Hall–Kier alpha value is -0.570. The van der Waals surface area contributed by atoms with E-state index in [1.807, 2.05) is 27.7 Å². The minimum atomic E-state index is -0.0929. The molecule has 0 aliphatic carbocycles. The van der Waals surface area contributed by atoms with Crippen LogP contribution >= 0.6 is 0 Å². The van der Waals surface area contributed by atoms with Crippen molar-refractivity contribution in [2.24, 2.45) is 11.7 Å². The summed E-state index contributed by atoms with van der Waals surface area (Å²) in [6.45, 7) is 7.63. The molecule has 0 rings (SSSR count). The lowest BCUT2D eigenvalue weighted by Gasteiger charge is -2.14. The van der Waals surface area contributed by atoms with Crippen LogP contribution in [-0.4, -0.2) is 18.1 Å². The molecule has 0 saturated carbocycles. The fourth-order valence-corrected chi connectivity index (χ4v) is 1.21. The van der Waals surface area contributed by atoms with Crippen LogP contribution in [-0.2, 0) is 9.53 Å². The molecular formula is C11H23NO2. The van der Waals surface area contributed by atoms with Gasteiger partial charge in [-0.1, -0.05) is 13.3 Å². The maximum Gasteiger partial charge on any atom is 0.308 e. The lowest BCUT2D eigenvalue weighted by atomic mass is 10.0. The Morgan fingerprint density at radius 3 is 2.21 bits per heavy atom. The number of ether oxygens (including phenoxy) is 1. The summed E-state index contributed by atoms with van der Waals surface area (Å²) < 4.78 is 5.10. The van der Waals surface area contributed by atoms with Crippen molar-refractivity contribution in [1.82, 2.24) is 0 Å². The molecule has 14 heavy (non-hydrogen) atoms. The van der Waals surface area contributed by atoms with E-state index in [0.29, 0.717) is 0 Å². The third-order valence-corrected chi connectivity index (χ3v) is 2.05. The van der Waals surface area contributed by atoms with Crippen molar-refractivity contribution >= 4 is 5.97 Å². The topological polar surface area (TPSA) is 52.3 Å². The maximum atomic E-state index is 11.4. The van der Waals surface area contributed by atoms with Crippen LogP contribution in [0.2, 0.25) is 0 Å². The van der Waals surface area contributed by atoms with Gasteiger partial charge in [-0.2, -0.15) is 0 Å². The first kappa shape index (κ1) is 13.4. The summed E-state index contributed by atoms with van der Waals surface area (Å²) in [5, 5.41) is 0. The van der Waals surface area contributed by atoms with E-state index in [9.17, 15) is 4.79 Å². The molecule has 0 spiro atoms. The second kappa shape index (κ2) is 6.82. The van der Waals surface area contributed by atoms with Gasteiger partial charge in [-0.15, -0.1) is 0 Å². The molecule has 2 N–H and O–H groups in total. The third-order valence-electron chi connectivity index (χ3n) is 2.05. The summed E-state index contributed by atoms with van der Waals surface area (Å²) in [6, 6.07) is 0.225. The predicted octanol–water partition coefficient (Wildman–Crippen LogP) is 2.09. The number of hydrogen-bond acceptors (Lipinski definition) is 3. The average molecular weight is 201 g/mol. The van der Waals surface area contributed by atoms with Crippen LogP contribution in [0.5, 0.6) is 0 Å². The Morgan fingerprint density at radius 1 is 1.21 bits per heavy atom. The number of carbonyl (C=O) groups is 1. The second-order valence-electron chi connectivity index (χ2n) is 4.29. The van der Waals surface area contributed by atoms with Crippen LogP contribution in [0.4, 0.5) is 0 Å². The van der Waals surface area contributed by atoms with Gasteiger partial charge in [-0.3, -0.25) is 4.79 Å². The molecule has 0 aliphatic heterocycles. The molecule has 84 valence electrons. The van der Waals surface area contributed by atoms with Crippen LogP contribution in [0, 0.1) is 5.92 Å². The smallest absolute Gasteiger partial charge is 0.308 e. The van der Waals surface area contributed by atoms with E-state index in [1.54, 1.807) is 0 Å². The number of carbonyl (C=O) groups excluding carboxylic acids is 1. The van der Waals surface area contributed by atoms with Crippen LogP contribution < -0.4 is 5.73 Å². The first-order valence-corrected chi connectivity index (χ1v) is 5.39. The van der Waals surface area contributed by atoms with E-state index in [1.165, 1.54) is 0 Å². The minimum Gasteiger partial charge on any atom is -0.463 e. The fraction of sp³-hybridized carbons (Fsp3) is 0.909. The highest BCUT2D eigenvalue weighted by Crippen LogP contribution is 2.11. The summed E-state index contributed by atoms with van der Waals surface area (Å²) in [4.78, 5) is 11.4. The normalized spacial score (nSPS) is 15.3. The zero-order chi connectivity index (χ0) is 11.1. The van der Waals surface area contributed by atoms with Gasteiger partial charge < -0.3 is 10.5 Å². The summed E-state index contributed by atoms with van der Waals surface area (Å²) in [5.41, 5.74) is 5.62. The van der Waals surface area contributed by atoms with Crippen molar-refractivity contribution in [3.63, 3.8) is 0 Å². The molecule has 0 aromatic carbocycles. The molecule has 0 aromatic rings. The van der Waals surface area contributed by atoms with Crippen molar-refractivity contribution in [1.29, 1.82) is 0 Å². The summed E-state index contributed by atoms with van der Waals surface area (Å²) in [6.07, 6.45) is 2.82. The van der Waals surface area contributed by atoms with Gasteiger partial charge >= 0.3 is 5.97 Å². The molecule has 0 bridgehead atoms. The van der Waals surface area contributed by atoms with Crippen molar-refractivity contribution in [2.45, 2.75) is 59.1 Å². The molecule has 0 heterocycles. The highest BCUT2D eigenvalue weighted by atomic mass is 16.5. The van der Waals surface area contributed by atoms with Gasteiger partial charge in [0.25, 0.3) is 0 Å². The Balaban J connectivity index is 3.62. The number of hydrogen-bond donors (Lipinski definition) is 1. The van der Waals surface area contributed by atoms with Gasteiger partial charge in [0.05, 0.1) is 12.0 Å². The molecular weight excluding hydrogens is 178 g/mol. The molecule has 2 atom stereocenters. The second-order valence-corrected chi connectivity index (χ2v) is 4.29. The summed E-state index contributed by atoms with van der Waals surface area (Å²) in [5.74, 6) is -0.0965. The Bertz CT molecular complexity index is 167. The van der Waals surface area contributed by atoms with Gasteiger partial charge in [0.1, 0.15) is 0 Å². The third kappa shape index (κ3) is 6.89. The number of rotatable bonds is 6. The van der Waals surface area contributed by atoms with E-state index < -0.39 is 0 Å². The van der Waals surface area contributed by atoms with Gasteiger partial charge in [0.2, 0.25) is 0 Å². The predicted molar refractivity (Wildman–Crippen MR) is 57.9 cm³/mol. The molecule has 3 nitrogen and oxygen atoms in total. The van der Waals surface area contributed by atoms with E-state index in [2.05, 4.69) is 0 Å². The fourth-order valence-electron chi connectivity index (χ4n) is 1.21. The highest BCUT2D eigenvalue weighted by molar-refractivity contribution is 5.72. The minimum absolute atomic E-state index is 0.00356. The van der Waals surface area contributed by atoms with Crippen molar-refractivity contribution in [3.05, 3.63) is 0 Å². The molecule has 0 fully saturated rings. The molecule has 3 heteroatoms. The SMILES string of the molecule is CC(N)CCCC(C)C(=O)OC(C)C. The van der Waals surface area contributed by atoms with Gasteiger partial charge in [-0.05, 0) is 33.6 Å². The zero-order valence-electron chi connectivity index (χ0n) is 9.75. The zero-order valence-corrected chi connectivity index (χ0v) is 9.75. The maximum absolute atomic E-state index is 11.4. The molecule has 2 unspecified atom stereocenters. The van der Waals surface area contributed by atoms with Gasteiger partial charge in [0, 0.05) is 6.04 Å². The van der Waals surface area contributed by atoms with Crippen LogP contribution in [0.25, 0.3) is 0 Å². The summed E-state index contributed by atoms with van der Waals surface area (Å²) >= 11 is 0. The lowest BCUT2D eigenvalue weighted by Crippen LogP contribution is -2.20. The number of nitrogens with two attached hydrogens (primary N) is 1. The van der Waals surface area contributed by atoms with Crippen molar-refractivity contribution in [3.8, 4) is 0 Å². The highest BCUT2D eigenvalue weighted by Gasteiger charge is 2.15. The van der Waals surface area contributed by atoms with Crippen molar-refractivity contribution < 1.29 is 9.53 Å². The standard InChI is InChI=1S/C11H23NO2/c1-8(2)14-11(13)9(3)6-5-7-10(4)12/h8-10H,5-7,12H2,1-4H3. The monoisotopic (exact) mass is 201 g/mol. The van der Waals surface area contributed by atoms with Gasteiger partial charge in [-0.25, -0.2) is 0 Å². The van der Waals surface area contributed by atoms with Crippen LogP contribution in [0.3, 0.4) is 0 Å². The van der Waals surface area contributed by atoms with E-state index in [-0.39, 0.29) is 24.0 Å². The van der Waals surface area contributed by atoms with Gasteiger partial charge in [0.15, 0.2) is 0 Å². The van der Waals surface area contributed by atoms with E-state index in [0.717, 1.165) is 19.3 Å². The molecule has 0 aromatic heterocycles. The van der Waals surface area contributed by atoms with E-state index in [4.69, 9.17) is 10.5 Å². The van der Waals surface area contributed by atoms with Crippen LogP contribution in [0.1, 0.15) is 47.0 Å². The Morgan fingerprint density at radius 2 is 1.79 bits per heavy atom. The summed E-state index contributed by atoms with van der Waals surface area (Å²) in [7, 11) is 0. The van der Waals surface area contributed by atoms with E-state index >= 15 is 0 Å². The lowest BCUT2D eigenvalue weighted by molar-refractivity contribution is -0.152. The molecule has 0 amide bonds. The molecule has 0 aliphatic rings. The van der Waals surface area contributed by atoms with Crippen LogP contribution in [0.15, 0.2) is 0 Å². The molecule has 0 saturated heterocycles. The first-order chi connectivity index (χ1) is 6.43. The average Bonchev–Trinajstić information content (AvgIpc) is 2.01. The number of esters is 1. The first-order valence-electron chi connectivity index (χ1n) is 5.39. The Labute approximate surface area is 87.0 Å². The quantitative estimate of drug-likeness (QED) is 0.669. The molecule has 0 radical (unpaired) electrons. The Kier molecular flexibility index (Phi) is 6.54. The van der Waals surface area contributed by atoms with Crippen molar-refractivity contribution in [2.75, 3.05) is 0 Å². The largest absolute Gasteiger partial charge is 0.463 e.